The number of amides is 1. The molecule has 0 saturated heterocycles. The fraction of sp³-hybridized carbons (Fsp3) is 0.412. The van der Waals surface area contributed by atoms with Gasteiger partial charge in [-0.05, 0) is 18.6 Å². The molecule has 1 aromatic heterocycles. The van der Waals surface area contributed by atoms with Crippen LogP contribution < -0.4 is 5.32 Å². The molecule has 7 heteroatoms. The van der Waals surface area contributed by atoms with E-state index in [2.05, 4.69) is 15.5 Å². The van der Waals surface area contributed by atoms with E-state index in [1.54, 1.807) is 0 Å². The largest absolute Gasteiger partial charge is 0.481 e. The Kier molecular flexibility index (Phi) is 6.48. The van der Waals surface area contributed by atoms with Crippen molar-refractivity contribution < 1.29 is 19.1 Å². The van der Waals surface area contributed by atoms with E-state index in [0.717, 1.165) is 12.0 Å². The molecule has 0 aliphatic rings. The quantitative estimate of drug-likeness (QED) is 0.730. The van der Waals surface area contributed by atoms with Crippen LogP contribution in [-0.2, 0) is 16.0 Å². The second-order valence-electron chi connectivity index (χ2n) is 5.49. The van der Waals surface area contributed by atoms with Crippen LogP contribution in [0.2, 0.25) is 0 Å². The molecule has 1 heterocycles. The first-order valence-corrected chi connectivity index (χ1v) is 7.97. The molecule has 0 aliphatic heterocycles. The highest BCUT2D eigenvalue weighted by Gasteiger charge is 2.17. The van der Waals surface area contributed by atoms with E-state index in [1.807, 2.05) is 37.3 Å². The van der Waals surface area contributed by atoms with Crippen LogP contribution in [0.1, 0.15) is 32.1 Å². The van der Waals surface area contributed by atoms with Gasteiger partial charge in [-0.25, -0.2) is 0 Å². The van der Waals surface area contributed by atoms with Gasteiger partial charge >= 0.3 is 5.97 Å². The maximum absolute atomic E-state index is 11.8. The Morgan fingerprint density at radius 2 is 2.00 bits per heavy atom. The molecule has 1 atom stereocenters. The summed E-state index contributed by atoms with van der Waals surface area (Å²) in [6.45, 7) is 2.05. The number of carboxylic acid groups (broad SMARTS) is 1. The van der Waals surface area contributed by atoms with E-state index in [1.165, 1.54) is 0 Å². The molecule has 0 spiro atoms. The SMILES string of the molecule is CCCC(CNC(=O)CCc1nnc(-c2ccccc2)o1)C(=O)O. The Hall–Kier alpha value is -2.70. The molecule has 2 aromatic rings. The summed E-state index contributed by atoms with van der Waals surface area (Å²) in [6, 6.07) is 9.38. The molecular formula is C17H21N3O4. The summed E-state index contributed by atoms with van der Waals surface area (Å²) in [4.78, 5) is 22.9. The van der Waals surface area contributed by atoms with Crippen LogP contribution in [-0.4, -0.2) is 33.7 Å². The lowest BCUT2D eigenvalue weighted by Crippen LogP contribution is -2.33. The summed E-state index contributed by atoms with van der Waals surface area (Å²) >= 11 is 0. The van der Waals surface area contributed by atoms with Crippen molar-refractivity contribution >= 4 is 11.9 Å². The first-order valence-electron chi connectivity index (χ1n) is 7.97. The number of rotatable bonds is 9. The van der Waals surface area contributed by atoms with Crippen molar-refractivity contribution in [1.82, 2.24) is 15.5 Å². The fourth-order valence-electron chi connectivity index (χ4n) is 2.26. The first-order chi connectivity index (χ1) is 11.6. The molecule has 2 N–H and O–H groups in total. The number of nitrogens with zero attached hydrogens (tertiary/aromatic N) is 2. The number of hydrogen-bond acceptors (Lipinski definition) is 5. The van der Waals surface area contributed by atoms with Crippen molar-refractivity contribution in [3.8, 4) is 11.5 Å². The zero-order valence-corrected chi connectivity index (χ0v) is 13.6. The highest BCUT2D eigenvalue weighted by Crippen LogP contribution is 2.17. The zero-order chi connectivity index (χ0) is 17.4. The van der Waals surface area contributed by atoms with Crippen LogP contribution in [0, 0.1) is 5.92 Å². The highest BCUT2D eigenvalue weighted by atomic mass is 16.4. The lowest BCUT2D eigenvalue weighted by Gasteiger charge is -2.11. The standard InChI is InChI=1S/C17H21N3O4/c1-2-6-13(17(22)23)11-18-14(21)9-10-15-19-20-16(24-15)12-7-4-3-5-8-12/h3-5,7-8,13H,2,6,9-11H2,1H3,(H,18,21)(H,22,23). The number of hydrogen-bond donors (Lipinski definition) is 2. The van der Waals surface area contributed by atoms with E-state index in [0.29, 0.717) is 24.6 Å². The van der Waals surface area contributed by atoms with Gasteiger partial charge in [-0.2, -0.15) is 0 Å². The molecule has 0 radical (unpaired) electrons. The predicted octanol–water partition coefficient (Wildman–Crippen LogP) is 2.29. The van der Waals surface area contributed by atoms with Gasteiger partial charge in [0.1, 0.15) is 0 Å². The summed E-state index contributed by atoms with van der Waals surface area (Å²) in [7, 11) is 0. The lowest BCUT2D eigenvalue weighted by molar-refractivity contribution is -0.141. The van der Waals surface area contributed by atoms with E-state index in [9.17, 15) is 9.59 Å². The Morgan fingerprint density at radius 1 is 1.25 bits per heavy atom. The van der Waals surface area contributed by atoms with Crippen LogP contribution >= 0.6 is 0 Å². The molecular weight excluding hydrogens is 310 g/mol. The van der Waals surface area contributed by atoms with Crippen molar-refractivity contribution in [2.24, 2.45) is 5.92 Å². The number of carbonyl (C=O) groups is 2. The van der Waals surface area contributed by atoms with E-state index >= 15 is 0 Å². The van der Waals surface area contributed by atoms with Crippen molar-refractivity contribution in [2.45, 2.75) is 32.6 Å². The number of aryl methyl sites for hydroxylation is 1. The molecule has 1 aromatic carbocycles. The second-order valence-corrected chi connectivity index (χ2v) is 5.49. The number of aliphatic carboxylic acids is 1. The van der Waals surface area contributed by atoms with Gasteiger partial charge in [0.15, 0.2) is 0 Å². The van der Waals surface area contributed by atoms with Crippen molar-refractivity contribution in [3.05, 3.63) is 36.2 Å². The fourth-order valence-corrected chi connectivity index (χ4v) is 2.26. The Balaban J connectivity index is 1.80. The highest BCUT2D eigenvalue weighted by molar-refractivity contribution is 5.77. The zero-order valence-electron chi connectivity index (χ0n) is 13.6. The predicted molar refractivity (Wildman–Crippen MR) is 87.1 cm³/mol. The van der Waals surface area contributed by atoms with Gasteiger partial charge < -0.3 is 14.8 Å². The minimum absolute atomic E-state index is 0.140. The van der Waals surface area contributed by atoms with Crippen molar-refractivity contribution in [3.63, 3.8) is 0 Å². The molecule has 2 rings (SSSR count). The number of carbonyl (C=O) groups excluding carboxylic acids is 1. The maximum Gasteiger partial charge on any atom is 0.308 e. The number of carboxylic acids is 1. The maximum atomic E-state index is 11.8. The normalized spacial score (nSPS) is 11.9. The monoisotopic (exact) mass is 331 g/mol. The van der Waals surface area contributed by atoms with Crippen LogP contribution in [0.5, 0.6) is 0 Å². The third-order valence-electron chi connectivity index (χ3n) is 3.59. The summed E-state index contributed by atoms with van der Waals surface area (Å²) in [5.41, 5.74) is 0.824. The van der Waals surface area contributed by atoms with E-state index in [-0.39, 0.29) is 18.9 Å². The van der Waals surface area contributed by atoms with Crippen molar-refractivity contribution in [2.75, 3.05) is 6.54 Å². The lowest BCUT2D eigenvalue weighted by atomic mass is 10.0. The molecule has 7 nitrogen and oxygen atoms in total. The van der Waals surface area contributed by atoms with Crippen LogP contribution in [0.25, 0.3) is 11.5 Å². The Morgan fingerprint density at radius 3 is 2.67 bits per heavy atom. The topological polar surface area (TPSA) is 105 Å². The van der Waals surface area contributed by atoms with Gasteiger partial charge in [0.2, 0.25) is 17.7 Å². The van der Waals surface area contributed by atoms with Gasteiger partial charge in [-0.3, -0.25) is 9.59 Å². The van der Waals surface area contributed by atoms with E-state index < -0.39 is 11.9 Å². The Bertz CT molecular complexity index is 669. The smallest absolute Gasteiger partial charge is 0.308 e. The molecule has 24 heavy (non-hydrogen) atoms. The molecule has 128 valence electrons. The van der Waals surface area contributed by atoms with Crippen molar-refractivity contribution in [1.29, 1.82) is 0 Å². The molecule has 1 unspecified atom stereocenters. The third kappa shape index (κ3) is 5.19. The average Bonchev–Trinajstić information content (AvgIpc) is 3.06. The van der Waals surface area contributed by atoms with E-state index in [4.69, 9.17) is 9.52 Å². The number of benzene rings is 1. The molecule has 0 aliphatic carbocycles. The van der Waals surface area contributed by atoms with Gasteiger partial charge in [0.25, 0.3) is 0 Å². The second kappa shape index (κ2) is 8.81. The van der Waals surface area contributed by atoms with Crippen LogP contribution in [0.15, 0.2) is 34.7 Å². The summed E-state index contributed by atoms with van der Waals surface area (Å²) in [6.07, 6.45) is 1.79. The molecule has 0 bridgehead atoms. The molecule has 0 saturated carbocycles. The first kappa shape index (κ1) is 17.7. The van der Waals surface area contributed by atoms with Crippen LogP contribution in [0.4, 0.5) is 0 Å². The van der Waals surface area contributed by atoms with Gasteiger partial charge in [0, 0.05) is 24.9 Å². The summed E-state index contributed by atoms with van der Waals surface area (Å²) in [5, 5.41) is 19.6. The van der Waals surface area contributed by atoms with Gasteiger partial charge in [-0.15, -0.1) is 10.2 Å². The number of aromatic nitrogens is 2. The van der Waals surface area contributed by atoms with Gasteiger partial charge in [0.05, 0.1) is 5.92 Å². The number of nitrogens with one attached hydrogen (secondary N) is 1. The minimum atomic E-state index is -0.887. The Labute approximate surface area is 140 Å². The molecule has 1 amide bonds. The van der Waals surface area contributed by atoms with Gasteiger partial charge in [-0.1, -0.05) is 31.5 Å². The average molecular weight is 331 g/mol. The summed E-state index contributed by atoms with van der Waals surface area (Å²) < 4.78 is 5.53. The summed E-state index contributed by atoms with van der Waals surface area (Å²) in [5.74, 6) is -0.863. The third-order valence-corrected chi connectivity index (χ3v) is 3.59. The molecule has 0 fully saturated rings. The van der Waals surface area contributed by atoms with Crippen LogP contribution in [0.3, 0.4) is 0 Å². The minimum Gasteiger partial charge on any atom is -0.481 e.